The number of cyclic esters (lactones) is 1. The van der Waals surface area contributed by atoms with Gasteiger partial charge in [0.05, 0.1) is 0 Å². The molecule has 0 N–H and O–H groups in total. The van der Waals surface area contributed by atoms with Crippen molar-refractivity contribution in [3.8, 4) is 0 Å². The first-order valence-electron chi connectivity index (χ1n) is 7.13. The van der Waals surface area contributed by atoms with Crippen LogP contribution in [-0.4, -0.2) is 11.7 Å². The third-order valence-electron chi connectivity index (χ3n) is 3.89. The van der Waals surface area contributed by atoms with Gasteiger partial charge in [-0.3, -0.25) is 4.90 Å². The third kappa shape index (κ3) is 2.40. The topological polar surface area (TPSA) is 29.5 Å². The summed E-state index contributed by atoms with van der Waals surface area (Å²) >= 11 is 0. The number of rotatable bonds is 2. The Morgan fingerprint density at radius 2 is 1.62 bits per heavy atom. The van der Waals surface area contributed by atoms with Crippen molar-refractivity contribution in [2.45, 2.75) is 32.4 Å². The summed E-state index contributed by atoms with van der Waals surface area (Å²) in [4.78, 5) is 14.1. The number of carbonyl (C=O) groups is 1. The zero-order valence-electron chi connectivity index (χ0n) is 12.5. The fraction of sp³-hybridized carbons (Fsp3) is 0.278. The van der Waals surface area contributed by atoms with Gasteiger partial charge in [-0.2, -0.15) is 0 Å². The van der Waals surface area contributed by atoms with Gasteiger partial charge in [0.1, 0.15) is 11.6 Å². The number of nitrogens with zero attached hydrogens (tertiary/aromatic N) is 1. The predicted octanol–water partition coefficient (Wildman–Crippen LogP) is 4.47. The van der Waals surface area contributed by atoms with Crippen LogP contribution in [0.3, 0.4) is 0 Å². The van der Waals surface area contributed by atoms with Crippen LogP contribution in [0.5, 0.6) is 0 Å². The molecule has 0 spiro atoms. The van der Waals surface area contributed by atoms with Crippen molar-refractivity contribution in [1.29, 1.82) is 0 Å². The summed E-state index contributed by atoms with van der Waals surface area (Å²) in [5.74, 6) is 0. The molecule has 3 nitrogen and oxygen atoms in total. The molecule has 1 aliphatic rings. The lowest BCUT2D eigenvalue weighted by atomic mass is 9.91. The van der Waals surface area contributed by atoms with Crippen LogP contribution in [0, 0.1) is 6.92 Å². The molecule has 2 aromatic carbocycles. The van der Waals surface area contributed by atoms with Crippen molar-refractivity contribution < 1.29 is 9.53 Å². The van der Waals surface area contributed by atoms with Crippen molar-refractivity contribution in [2.75, 3.05) is 4.90 Å². The summed E-state index contributed by atoms with van der Waals surface area (Å²) in [7, 11) is 0. The third-order valence-corrected chi connectivity index (χ3v) is 3.89. The van der Waals surface area contributed by atoms with E-state index in [2.05, 4.69) is 0 Å². The van der Waals surface area contributed by atoms with Crippen LogP contribution in [-0.2, 0) is 4.74 Å². The number of hydrogen-bond donors (Lipinski definition) is 0. The first-order valence-corrected chi connectivity index (χ1v) is 7.13. The van der Waals surface area contributed by atoms with Crippen molar-refractivity contribution in [3.05, 3.63) is 65.7 Å². The standard InChI is InChI=1S/C18H19NO2/c1-13-9-11-15(12-10-13)19-16(14-7-5-4-6-8-14)18(2,3)21-17(19)20/h4-12,16H,1-3H3/t16-/m0/s1. The fourth-order valence-corrected chi connectivity index (χ4v) is 2.89. The van der Waals surface area contributed by atoms with E-state index in [1.54, 1.807) is 4.90 Å². The fourth-order valence-electron chi connectivity index (χ4n) is 2.89. The van der Waals surface area contributed by atoms with Gasteiger partial charge in [-0.1, -0.05) is 48.0 Å². The molecule has 0 saturated carbocycles. The zero-order chi connectivity index (χ0) is 15.0. The molecule has 0 aromatic heterocycles. The van der Waals surface area contributed by atoms with Gasteiger partial charge >= 0.3 is 6.09 Å². The molecule has 3 heteroatoms. The van der Waals surface area contributed by atoms with Gasteiger partial charge in [-0.25, -0.2) is 4.79 Å². The Morgan fingerprint density at radius 3 is 2.24 bits per heavy atom. The molecule has 1 atom stereocenters. The molecule has 0 radical (unpaired) electrons. The maximum Gasteiger partial charge on any atom is 0.415 e. The van der Waals surface area contributed by atoms with Gasteiger partial charge in [0.15, 0.2) is 0 Å². The van der Waals surface area contributed by atoms with E-state index < -0.39 is 5.60 Å². The minimum absolute atomic E-state index is 0.131. The number of hydrogen-bond acceptors (Lipinski definition) is 2. The van der Waals surface area contributed by atoms with Crippen LogP contribution >= 0.6 is 0 Å². The number of anilines is 1. The van der Waals surface area contributed by atoms with Crippen LogP contribution in [0.25, 0.3) is 0 Å². The molecule has 2 aromatic rings. The number of amides is 1. The lowest BCUT2D eigenvalue weighted by Gasteiger charge is -2.29. The van der Waals surface area contributed by atoms with E-state index in [4.69, 9.17) is 4.74 Å². The molecular weight excluding hydrogens is 262 g/mol. The van der Waals surface area contributed by atoms with Crippen molar-refractivity contribution in [1.82, 2.24) is 0 Å². The highest BCUT2D eigenvalue weighted by molar-refractivity contribution is 5.91. The van der Waals surface area contributed by atoms with E-state index in [1.165, 1.54) is 5.56 Å². The molecule has 21 heavy (non-hydrogen) atoms. The Kier molecular flexibility index (Phi) is 3.20. The molecule has 0 aliphatic carbocycles. The van der Waals surface area contributed by atoms with Gasteiger partial charge < -0.3 is 4.74 Å². The maximum atomic E-state index is 12.4. The van der Waals surface area contributed by atoms with E-state index in [0.717, 1.165) is 11.3 Å². The lowest BCUT2D eigenvalue weighted by Crippen LogP contribution is -2.33. The minimum atomic E-state index is -0.566. The Labute approximate surface area is 125 Å². The monoisotopic (exact) mass is 281 g/mol. The van der Waals surface area contributed by atoms with Crippen LogP contribution < -0.4 is 4.90 Å². The molecule has 1 fully saturated rings. The number of ether oxygens (including phenoxy) is 1. The molecule has 3 rings (SSSR count). The first kappa shape index (κ1) is 13.7. The summed E-state index contributed by atoms with van der Waals surface area (Å²) in [5, 5.41) is 0. The molecule has 1 aliphatic heterocycles. The number of aryl methyl sites for hydroxylation is 1. The van der Waals surface area contributed by atoms with Gasteiger partial charge in [0, 0.05) is 5.69 Å². The average molecular weight is 281 g/mol. The second kappa shape index (κ2) is 4.92. The maximum absolute atomic E-state index is 12.4. The van der Waals surface area contributed by atoms with Gasteiger partial charge in [0.25, 0.3) is 0 Å². The zero-order valence-corrected chi connectivity index (χ0v) is 12.5. The largest absolute Gasteiger partial charge is 0.441 e. The van der Waals surface area contributed by atoms with E-state index in [0.29, 0.717) is 0 Å². The van der Waals surface area contributed by atoms with Crippen molar-refractivity contribution in [3.63, 3.8) is 0 Å². The Bertz CT molecular complexity index is 647. The summed E-state index contributed by atoms with van der Waals surface area (Å²) in [5.41, 5.74) is 2.55. The van der Waals surface area contributed by atoms with Gasteiger partial charge in [-0.15, -0.1) is 0 Å². The van der Waals surface area contributed by atoms with Gasteiger partial charge in [0.2, 0.25) is 0 Å². The van der Waals surface area contributed by atoms with Gasteiger partial charge in [-0.05, 0) is 38.5 Å². The van der Waals surface area contributed by atoms with E-state index in [-0.39, 0.29) is 12.1 Å². The second-order valence-corrected chi connectivity index (χ2v) is 5.99. The molecular formula is C18H19NO2. The first-order chi connectivity index (χ1) is 9.99. The minimum Gasteiger partial charge on any atom is -0.441 e. The number of benzene rings is 2. The Morgan fingerprint density at radius 1 is 1.00 bits per heavy atom. The van der Waals surface area contributed by atoms with Crippen LogP contribution in [0.1, 0.15) is 31.0 Å². The predicted molar refractivity (Wildman–Crippen MR) is 83.4 cm³/mol. The second-order valence-electron chi connectivity index (χ2n) is 5.99. The molecule has 1 saturated heterocycles. The highest BCUT2D eigenvalue weighted by atomic mass is 16.6. The highest BCUT2D eigenvalue weighted by Gasteiger charge is 2.49. The number of carbonyl (C=O) groups excluding carboxylic acids is 1. The molecule has 1 heterocycles. The molecule has 0 unspecified atom stereocenters. The normalized spacial score (nSPS) is 20.4. The van der Waals surface area contributed by atoms with Crippen LogP contribution in [0.4, 0.5) is 10.5 Å². The smallest absolute Gasteiger partial charge is 0.415 e. The van der Waals surface area contributed by atoms with E-state index in [9.17, 15) is 4.79 Å². The summed E-state index contributed by atoms with van der Waals surface area (Å²) in [6.07, 6.45) is -0.294. The Hall–Kier alpha value is -2.29. The quantitative estimate of drug-likeness (QED) is 0.812. The molecule has 1 amide bonds. The van der Waals surface area contributed by atoms with Crippen LogP contribution in [0.2, 0.25) is 0 Å². The van der Waals surface area contributed by atoms with Crippen molar-refractivity contribution >= 4 is 11.8 Å². The summed E-state index contributed by atoms with van der Waals surface area (Å²) < 4.78 is 5.60. The lowest BCUT2D eigenvalue weighted by molar-refractivity contribution is 0.0685. The van der Waals surface area contributed by atoms with Crippen molar-refractivity contribution in [2.24, 2.45) is 0 Å². The average Bonchev–Trinajstić information content (AvgIpc) is 2.70. The van der Waals surface area contributed by atoms with Crippen LogP contribution in [0.15, 0.2) is 54.6 Å². The van der Waals surface area contributed by atoms with E-state index in [1.807, 2.05) is 75.4 Å². The van der Waals surface area contributed by atoms with E-state index >= 15 is 0 Å². The summed E-state index contributed by atoms with van der Waals surface area (Å²) in [6.45, 7) is 5.94. The highest BCUT2D eigenvalue weighted by Crippen LogP contribution is 2.43. The Balaban J connectivity index is 2.08. The summed E-state index contributed by atoms with van der Waals surface area (Å²) in [6, 6.07) is 17.8. The molecule has 0 bridgehead atoms. The SMILES string of the molecule is Cc1ccc(N2C(=O)OC(C)(C)[C@@H]2c2ccccc2)cc1. The molecule has 108 valence electrons.